The molecular formula is C31H46O3. The number of esters is 1. The Morgan fingerprint density at radius 2 is 1.15 bits per heavy atom. The van der Waals surface area contributed by atoms with Crippen LogP contribution < -0.4 is 4.74 Å². The predicted molar refractivity (Wildman–Crippen MR) is 144 cm³/mol. The summed E-state index contributed by atoms with van der Waals surface area (Å²) in [5.74, 6) is 0.533. The number of carbonyl (C=O) groups is 1. The molecule has 0 aliphatic carbocycles. The van der Waals surface area contributed by atoms with E-state index in [2.05, 4.69) is 60.6 Å². The summed E-state index contributed by atoms with van der Waals surface area (Å²) < 4.78 is 6.20. The fraction of sp³-hybridized carbons (Fsp3) is 0.581. The van der Waals surface area contributed by atoms with Gasteiger partial charge in [0.2, 0.25) is 0 Å². The highest BCUT2D eigenvalue weighted by Gasteiger charge is 2.30. The Labute approximate surface area is 207 Å². The Kier molecular flexibility index (Phi) is 7.45. The van der Waals surface area contributed by atoms with Crippen LogP contribution in [0.1, 0.15) is 128 Å². The molecule has 0 aromatic heterocycles. The van der Waals surface area contributed by atoms with Crippen LogP contribution >= 0.6 is 0 Å². The number of aromatic hydroxyl groups is 1. The number of carbonyl (C=O) groups excluding carboxylic acids is 1. The van der Waals surface area contributed by atoms with Crippen LogP contribution in [0.3, 0.4) is 0 Å². The summed E-state index contributed by atoms with van der Waals surface area (Å²) in [7, 11) is 0. The molecule has 2 rings (SSSR count). The van der Waals surface area contributed by atoms with Crippen LogP contribution in [0.2, 0.25) is 0 Å². The lowest BCUT2D eigenvalue weighted by atomic mass is 9.78. The topological polar surface area (TPSA) is 46.5 Å². The Morgan fingerprint density at radius 1 is 0.706 bits per heavy atom. The molecule has 0 aliphatic rings. The third-order valence-corrected chi connectivity index (χ3v) is 6.38. The summed E-state index contributed by atoms with van der Waals surface area (Å²) >= 11 is 0. The van der Waals surface area contributed by atoms with E-state index < -0.39 is 0 Å². The van der Waals surface area contributed by atoms with Crippen LogP contribution in [0.15, 0.2) is 24.3 Å². The van der Waals surface area contributed by atoms with Gasteiger partial charge in [-0.15, -0.1) is 0 Å². The zero-order valence-corrected chi connectivity index (χ0v) is 23.8. The normalized spacial score (nSPS) is 13.2. The molecule has 1 N–H and O–H groups in total. The standard InChI is InChI=1S/C31H46O3/c1-14-19-15-21(28(2,3)4)18-24(31(11,12)13)26(19)34-27(33)20-16-22(29(5,6)7)25(32)23(17-20)30(8,9)10/h15-18,32H,14H2,1-13H3. The quantitative estimate of drug-likeness (QED) is 0.365. The largest absolute Gasteiger partial charge is 0.507 e. The highest BCUT2D eigenvalue weighted by Crippen LogP contribution is 2.42. The van der Waals surface area contributed by atoms with Gasteiger partial charge < -0.3 is 9.84 Å². The minimum atomic E-state index is -0.389. The van der Waals surface area contributed by atoms with Crippen molar-refractivity contribution in [3.05, 3.63) is 57.6 Å². The molecule has 0 bridgehead atoms. The van der Waals surface area contributed by atoms with Crippen molar-refractivity contribution in [1.29, 1.82) is 0 Å². The van der Waals surface area contributed by atoms with Crippen molar-refractivity contribution in [1.82, 2.24) is 0 Å². The molecule has 0 saturated carbocycles. The van der Waals surface area contributed by atoms with Crippen molar-refractivity contribution in [3.8, 4) is 11.5 Å². The smallest absolute Gasteiger partial charge is 0.343 e. The van der Waals surface area contributed by atoms with Gasteiger partial charge in [0.25, 0.3) is 0 Å². The molecule has 0 aliphatic heterocycles. The van der Waals surface area contributed by atoms with E-state index in [9.17, 15) is 9.90 Å². The maximum Gasteiger partial charge on any atom is 0.343 e. The molecule has 3 nitrogen and oxygen atoms in total. The average molecular weight is 467 g/mol. The number of hydrogen-bond acceptors (Lipinski definition) is 3. The zero-order chi connectivity index (χ0) is 26.4. The Balaban J connectivity index is 2.73. The molecule has 2 aromatic rings. The van der Waals surface area contributed by atoms with Gasteiger partial charge in [-0.05, 0) is 51.3 Å². The second-order valence-corrected chi connectivity index (χ2v) is 13.7. The van der Waals surface area contributed by atoms with Gasteiger partial charge >= 0.3 is 5.97 Å². The monoisotopic (exact) mass is 466 g/mol. The van der Waals surface area contributed by atoms with Crippen molar-refractivity contribution in [2.45, 2.75) is 118 Å². The van der Waals surface area contributed by atoms with Crippen LogP contribution in [0.25, 0.3) is 0 Å². The van der Waals surface area contributed by atoms with Gasteiger partial charge in [-0.3, -0.25) is 0 Å². The summed E-state index contributed by atoms with van der Waals surface area (Å²) in [6.45, 7) is 27.4. The van der Waals surface area contributed by atoms with Crippen LogP contribution in [0.4, 0.5) is 0 Å². The van der Waals surface area contributed by atoms with Crippen molar-refractivity contribution >= 4 is 5.97 Å². The van der Waals surface area contributed by atoms with Crippen LogP contribution in [-0.2, 0) is 28.1 Å². The molecule has 0 fully saturated rings. The van der Waals surface area contributed by atoms with E-state index >= 15 is 0 Å². The molecule has 188 valence electrons. The molecule has 0 spiro atoms. The number of phenols is 1. The van der Waals surface area contributed by atoms with Crippen molar-refractivity contribution < 1.29 is 14.6 Å². The van der Waals surface area contributed by atoms with E-state index in [1.54, 1.807) is 12.1 Å². The van der Waals surface area contributed by atoms with E-state index in [0.717, 1.165) is 28.7 Å². The molecule has 2 aromatic carbocycles. The Morgan fingerprint density at radius 3 is 1.50 bits per heavy atom. The van der Waals surface area contributed by atoms with Crippen molar-refractivity contribution in [2.75, 3.05) is 0 Å². The molecule has 0 amide bonds. The summed E-state index contributed by atoms with van der Waals surface area (Å²) in [6.07, 6.45) is 0.770. The van der Waals surface area contributed by atoms with Crippen LogP contribution in [-0.4, -0.2) is 11.1 Å². The highest BCUT2D eigenvalue weighted by atomic mass is 16.5. The molecule has 0 unspecified atom stereocenters. The third kappa shape index (κ3) is 6.03. The minimum absolute atomic E-state index is 0.00731. The number of ether oxygens (including phenoxy) is 1. The highest BCUT2D eigenvalue weighted by molar-refractivity contribution is 5.92. The number of rotatable bonds is 3. The van der Waals surface area contributed by atoms with Gasteiger partial charge in [0.1, 0.15) is 11.5 Å². The Hall–Kier alpha value is -2.29. The van der Waals surface area contributed by atoms with Gasteiger partial charge in [-0.1, -0.05) is 102 Å². The van der Waals surface area contributed by atoms with Crippen molar-refractivity contribution in [2.24, 2.45) is 0 Å². The lowest BCUT2D eigenvalue weighted by Gasteiger charge is -2.29. The molecule has 0 atom stereocenters. The van der Waals surface area contributed by atoms with E-state index in [1.807, 2.05) is 41.5 Å². The second-order valence-electron chi connectivity index (χ2n) is 13.7. The summed E-state index contributed by atoms with van der Waals surface area (Å²) in [6, 6.07) is 7.95. The molecule has 3 heteroatoms. The zero-order valence-electron chi connectivity index (χ0n) is 23.8. The lowest BCUT2D eigenvalue weighted by molar-refractivity contribution is 0.0730. The van der Waals surface area contributed by atoms with Gasteiger partial charge in [-0.2, -0.15) is 0 Å². The first-order valence-corrected chi connectivity index (χ1v) is 12.5. The first-order valence-electron chi connectivity index (χ1n) is 12.5. The number of aryl methyl sites for hydroxylation is 1. The first kappa shape index (κ1) is 28.0. The summed E-state index contributed by atoms with van der Waals surface area (Å²) in [4.78, 5) is 13.6. The maximum atomic E-state index is 13.6. The molecule has 0 heterocycles. The first-order chi connectivity index (χ1) is 15.2. The van der Waals surface area contributed by atoms with Gasteiger partial charge in [0.15, 0.2) is 0 Å². The van der Waals surface area contributed by atoms with E-state index in [4.69, 9.17) is 4.74 Å². The van der Waals surface area contributed by atoms with E-state index in [-0.39, 0.29) is 33.4 Å². The van der Waals surface area contributed by atoms with Gasteiger partial charge in [0, 0.05) is 16.7 Å². The number of benzene rings is 2. The second kappa shape index (κ2) is 9.06. The number of phenolic OH excluding ortho intramolecular Hbond substituents is 1. The minimum Gasteiger partial charge on any atom is -0.507 e. The van der Waals surface area contributed by atoms with Gasteiger partial charge in [-0.25, -0.2) is 4.79 Å². The van der Waals surface area contributed by atoms with Crippen LogP contribution in [0.5, 0.6) is 11.5 Å². The summed E-state index contributed by atoms with van der Waals surface area (Å²) in [5, 5.41) is 11.0. The molecule has 34 heavy (non-hydrogen) atoms. The maximum absolute atomic E-state index is 13.6. The average Bonchev–Trinajstić information content (AvgIpc) is 2.64. The van der Waals surface area contributed by atoms with Crippen molar-refractivity contribution in [3.63, 3.8) is 0 Å². The van der Waals surface area contributed by atoms with Crippen LogP contribution in [0, 0.1) is 0 Å². The molecular weight excluding hydrogens is 420 g/mol. The molecule has 0 saturated heterocycles. The SMILES string of the molecule is CCc1cc(C(C)(C)C)cc(C(C)(C)C)c1OC(=O)c1cc(C(C)(C)C)c(O)c(C(C)(C)C)c1. The third-order valence-electron chi connectivity index (χ3n) is 6.38. The van der Waals surface area contributed by atoms with E-state index in [1.165, 1.54) is 5.56 Å². The van der Waals surface area contributed by atoms with Gasteiger partial charge in [0.05, 0.1) is 5.56 Å². The lowest BCUT2D eigenvalue weighted by Crippen LogP contribution is -2.22. The summed E-state index contributed by atoms with van der Waals surface area (Å²) in [5.41, 5.74) is 4.45. The fourth-order valence-corrected chi connectivity index (χ4v) is 4.11. The predicted octanol–water partition coefficient (Wildman–Crippen LogP) is 8.36. The number of hydrogen-bond donors (Lipinski definition) is 1. The van der Waals surface area contributed by atoms with E-state index in [0.29, 0.717) is 11.3 Å². The fourth-order valence-electron chi connectivity index (χ4n) is 4.11. The Bertz CT molecular complexity index is 1030. The molecule has 0 radical (unpaired) electrons.